The van der Waals surface area contributed by atoms with Gasteiger partial charge in [0.1, 0.15) is 5.56 Å². The van der Waals surface area contributed by atoms with E-state index in [1.165, 1.54) is 12.8 Å². The zero-order valence-corrected chi connectivity index (χ0v) is 18.1. The molecule has 0 atom stereocenters. The first-order valence-corrected chi connectivity index (χ1v) is 11.1. The Balaban J connectivity index is 1.54. The fourth-order valence-electron chi connectivity index (χ4n) is 4.28. The Bertz CT molecular complexity index is 1310. The molecular formula is C27H24N4O2. The summed E-state index contributed by atoms with van der Waals surface area (Å²) in [5.41, 5.74) is 3.93. The summed E-state index contributed by atoms with van der Waals surface area (Å²) in [4.78, 5) is 28.6. The predicted molar refractivity (Wildman–Crippen MR) is 132 cm³/mol. The predicted octanol–water partition coefficient (Wildman–Crippen LogP) is 4.96. The van der Waals surface area contributed by atoms with Gasteiger partial charge in [-0.05, 0) is 42.7 Å². The van der Waals surface area contributed by atoms with Gasteiger partial charge in [0.15, 0.2) is 0 Å². The maximum absolute atomic E-state index is 13.4. The van der Waals surface area contributed by atoms with Gasteiger partial charge in [0.05, 0.1) is 5.69 Å². The minimum absolute atomic E-state index is 0.0404. The van der Waals surface area contributed by atoms with Crippen molar-refractivity contribution in [3.63, 3.8) is 0 Å². The van der Waals surface area contributed by atoms with Gasteiger partial charge in [-0.3, -0.25) is 9.59 Å². The molecule has 1 aliphatic heterocycles. The molecule has 0 radical (unpaired) electrons. The standard InChI is InChI=1S/C27H24N4O2/c32-26(28-21-13-15-22(16-14-21)31-17-7-8-18-31)24-23(19-9-3-1-4-10-19)25(29-30-27(24)33)20-11-5-2-6-12-20/h1-6,9-16H,7-8,17-18H2,(H,28,32)(H,30,33). The topological polar surface area (TPSA) is 78.1 Å². The molecular weight excluding hydrogens is 412 g/mol. The number of aromatic amines is 1. The highest BCUT2D eigenvalue weighted by Crippen LogP contribution is 2.32. The first-order valence-electron chi connectivity index (χ1n) is 11.1. The lowest BCUT2D eigenvalue weighted by Gasteiger charge is -2.18. The van der Waals surface area contributed by atoms with Gasteiger partial charge >= 0.3 is 0 Å². The van der Waals surface area contributed by atoms with Crippen molar-refractivity contribution in [1.82, 2.24) is 10.2 Å². The van der Waals surface area contributed by atoms with Gasteiger partial charge in [0.2, 0.25) is 0 Å². The molecule has 164 valence electrons. The molecule has 5 rings (SSSR count). The number of H-pyrrole nitrogens is 1. The van der Waals surface area contributed by atoms with Crippen LogP contribution in [0, 0.1) is 0 Å². The molecule has 1 aromatic heterocycles. The smallest absolute Gasteiger partial charge is 0.277 e. The molecule has 0 spiro atoms. The molecule has 0 saturated carbocycles. The quantitative estimate of drug-likeness (QED) is 0.464. The number of hydrogen-bond donors (Lipinski definition) is 2. The summed E-state index contributed by atoms with van der Waals surface area (Å²) in [6, 6.07) is 26.7. The average molecular weight is 437 g/mol. The lowest BCUT2D eigenvalue weighted by atomic mass is 9.95. The van der Waals surface area contributed by atoms with E-state index in [2.05, 4.69) is 20.4 Å². The fraction of sp³-hybridized carbons (Fsp3) is 0.148. The van der Waals surface area contributed by atoms with Gasteiger partial charge in [-0.25, -0.2) is 5.10 Å². The molecule has 1 amide bonds. The summed E-state index contributed by atoms with van der Waals surface area (Å²) >= 11 is 0. The van der Waals surface area contributed by atoms with E-state index >= 15 is 0 Å². The number of aromatic nitrogens is 2. The highest BCUT2D eigenvalue weighted by atomic mass is 16.2. The van der Waals surface area contributed by atoms with Crippen LogP contribution in [0.25, 0.3) is 22.4 Å². The third-order valence-corrected chi connectivity index (χ3v) is 5.92. The van der Waals surface area contributed by atoms with Crippen LogP contribution in [-0.2, 0) is 0 Å². The van der Waals surface area contributed by atoms with Crippen LogP contribution in [0.1, 0.15) is 23.2 Å². The van der Waals surface area contributed by atoms with Crippen LogP contribution in [-0.4, -0.2) is 29.2 Å². The number of rotatable bonds is 5. The number of anilines is 2. The van der Waals surface area contributed by atoms with E-state index in [9.17, 15) is 9.59 Å². The fourth-order valence-corrected chi connectivity index (χ4v) is 4.28. The molecule has 0 aliphatic carbocycles. The van der Waals surface area contributed by atoms with E-state index < -0.39 is 11.5 Å². The van der Waals surface area contributed by atoms with Crippen molar-refractivity contribution in [3.05, 3.63) is 101 Å². The van der Waals surface area contributed by atoms with Gasteiger partial charge in [0, 0.05) is 35.6 Å². The van der Waals surface area contributed by atoms with Gasteiger partial charge in [0.25, 0.3) is 11.5 Å². The molecule has 4 aromatic rings. The maximum Gasteiger partial charge on any atom is 0.277 e. The Hall–Kier alpha value is -4.19. The molecule has 0 unspecified atom stereocenters. The number of nitrogens with one attached hydrogen (secondary N) is 2. The van der Waals surface area contributed by atoms with Crippen LogP contribution in [0.4, 0.5) is 11.4 Å². The molecule has 6 nitrogen and oxygen atoms in total. The van der Waals surface area contributed by atoms with Crippen LogP contribution < -0.4 is 15.8 Å². The number of amides is 1. The third-order valence-electron chi connectivity index (χ3n) is 5.92. The molecule has 1 fully saturated rings. The number of benzene rings is 3. The second-order valence-corrected chi connectivity index (χ2v) is 8.08. The van der Waals surface area contributed by atoms with Gasteiger partial charge in [-0.1, -0.05) is 60.7 Å². The molecule has 0 bridgehead atoms. The molecule has 1 aliphatic rings. The van der Waals surface area contributed by atoms with Crippen molar-refractivity contribution in [3.8, 4) is 22.4 Å². The van der Waals surface area contributed by atoms with Crippen LogP contribution in [0.15, 0.2) is 89.7 Å². The summed E-state index contributed by atoms with van der Waals surface area (Å²) in [6.07, 6.45) is 2.41. The van der Waals surface area contributed by atoms with Gasteiger partial charge < -0.3 is 10.2 Å². The van der Waals surface area contributed by atoms with Crippen LogP contribution in [0.5, 0.6) is 0 Å². The summed E-state index contributed by atoms with van der Waals surface area (Å²) in [6.45, 7) is 2.11. The summed E-state index contributed by atoms with van der Waals surface area (Å²) in [5, 5.41) is 9.73. The number of carbonyl (C=O) groups excluding carboxylic acids is 1. The average Bonchev–Trinajstić information content (AvgIpc) is 3.40. The van der Waals surface area contributed by atoms with E-state index in [1.807, 2.05) is 84.9 Å². The normalized spacial score (nSPS) is 13.2. The largest absolute Gasteiger partial charge is 0.372 e. The minimum atomic E-state index is -0.528. The number of nitrogens with zero attached hydrogens (tertiary/aromatic N) is 2. The Kier molecular flexibility index (Phi) is 5.72. The van der Waals surface area contributed by atoms with Crippen molar-refractivity contribution in [2.24, 2.45) is 0 Å². The zero-order valence-electron chi connectivity index (χ0n) is 18.1. The summed E-state index contributed by atoms with van der Waals surface area (Å²) < 4.78 is 0. The van der Waals surface area contributed by atoms with Gasteiger partial charge in [-0.15, -0.1) is 0 Å². The molecule has 3 aromatic carbocycles. The van der Waals surface area contributed by atoms with E-state index in [0.29, 0.717) is 16.9 Å². The third kappa shape index (κ3) is 4.28. The molecule has 1 saturated heterocycles. The van der Waals surface area contributed by atoms with E-state index in [4.69, 9.17) is 0 Å². The highest BCUT2D eigenvalue weighted by molar-refractivity contribution is 6.10. The van der Waals surface area contributed by atoms with Crippen LogP contribution in [0.3, 0.4) is 0 Å². The Morgan fingerprint density at radius 3 is 2.06 bits per heavy atom. The van der Waals surface area contributed by atoms with Gasteiger partial charge in [-0.2, -0.15) is 5.10 Å². The summed E-state index contributed by atoms with van der Waals surface area (Å²) in [7, 11) is 0. The Morgan fingerprint density at radius 2 is 1.42 bits per heavy atom. The van der Waals surface area contributed by atoms with Crippen molar-refractivity contribution in [2.45, 2.75) is 12.8 Å². The van der Waals surface area contributed by atoms with Crippen molar-refractivity contribution < 1.29 is 4.79 Å². The second-order valence-electron chi connectivity index (χ2n) is 8.08. The second kappa shape index (κ2) is 9.12. The minimum Gasteiger partial charge on any atom is -0.372 e. The zero-order chi connectivity index (χ0) is 22.6. The number of hydrogen-bond acceptors (Lipinski definition) is 4. The lowest BCUT2D eigenvalue weighted by Crippen LogP contribution is -2.26. The summed E-state index contributed by atoms with van der Waals surface area (Å²) in [5.74, 6) is -0.469. The van der Waals surface area contributed by atoms with E-state index in [-0.39, 0.29) is 5.56 Å². The Labute approximate surface area is 191 Å². The molecule has 2 heterocycles. The van der Waals surface area contributed by atoms with E-state index in [1.54, 1.807) is 0 Å². The molecule has 2 N–H and O–H groups in total. The SMILES string of the molecule is O=C(Nc1ccc(N2CCCC2)cc1)c1c(-c2ccccc2)c(-c2ccccc2)n[nH]c1=O. The molecule has 6 heteroatoms. The van der Waals surface area contributed by atoms with Crippen molar-refractivity contribution >= 4 is 17.3 Å². The molecule has 33 heavy (non-hydrogen) atoms. The number of carbonyl (C=O) groups is 1. The van der Waals surface area contributed by atoms with Crippen molar-refractivity contribution in [2.75, 3.05) is 23.3 Å². The van der Waals surface area contributed by atoms with Crippen LogP contribution >= 0.6 is 0 Å². The monoisotopic (exact) mass is 436 g/mol. The van der Waals surface area contributed by atoms with Crippen molar-refractivity contribution in [1.29, 1.82) is 0 Å². The first-order chi connectivity index (χ1) is 16.2. The maximum atomic E-state index is 13.4. The Morgan fingerprint density at radius 1 is 0.818 bits per heavy atom. The van der Waals surface area contributed by atoms with Crippen LogP contribution in [0.2, 0.25) is 0 Å². The van der Waals surface area contributed by atoms with E-state index in [0.717, 1.165) is 29.9 Å². The highest BCUT2D eigenvalue weighted by Gasteiger charge is 2.23. The lowest BCUT2D eigenvalue weighted by molar-refractivity contribution is 0.102. The first kappa shape index (κ1) is 20.7.